The summed E-state index contributed by atoms with van der Waals surface area (Å²) in [5.41, 5.74) is 1.53. The Morgan fingerprint density at radius 3 is 2.82 bits per heavy atom. The second kappa shape index (κ2) is 6.09. The van der Waals surface area contributed by atoms with Gasteiger partial charge < -0.3 is 9.52 Å². The minimum absolute atomic E-state index is 0.0691. The Morgan fingerprint density at radius 1 is 1.27 bits per heavy atom. The van der Waals surface area contributed by atoms with Crippen LogP contribution in [-0.2, 0) is 6.42 Å². The maximum absolute atomic E-state index is 11.9. The highest BCUT2D eigenvalue weighted by molar-refractivity contribution is 6.05. The molecule has 0 bridgehead atoms. The highest BCUT2D eigenvalue weighted by atomic mass is 16.3. The summed E-state index contributed by atoms with van der Waals surface area (Å²) >= 11 is 0. The Bertz CT molecular complexity index is 789. The Hall–Kier alpha value is -3.15. The standard InChI is InChI=1S/C16H13N3O3/c20-13(9-14(21)16-17-10-18-19-16)12-6-7-22-15(12)8-11-4-2-1-3-5-11/h1-7,9-10,20H,8H2,(H,17,18,19). The van der Waals surface area contributed by atoms with Crippen molar-refractivity contribution in [2.45, 2.75) is 6.42 Å². The van der Waals surface area contributed by atoms with Gasteiger partial charge in [0.05, 0.1) is 11.8 Å². The minimum atomic E-state index is -0.457. The number of H-pyrrole nitrogens is 1. The fraction of sp³-hybridized carbons (Fsp3) is 0.0625. The average molecular weight is 295 g/mol. The summed E-state index contributed by atoms with van der Waals surface area (Å²) in [5.74, 6) is 0.0351. The molecule has 1 aromatic carbocycles. The summed E-state index contributed by atoms with van der Waals surface area (Å²) < 4.78 is 5.41. The molecule has 0 unspecified atom stereocenters. The molecular formula is C16H13N3O3. The molecule has 22 heavy (non-hydrogen) atoms. The first-order valence-electron chi connectivity index (χ1n) is 6.65. The van der Waals surface area contributed by atoms with Crippen LogP contribution in [-0.4, -0.2) is 26.1 Å². The highest BCUT2D eigenvalue weighted by Gasteiger charge is 2.14. The van der Waals surface area contributed by atoms with Crippen LogP contribution in [0.5, 0.6) is 0 Å². The first-order chi connectivity index (χ1) is 10.7. The van der Waals surface area contributed by atoms with Crippen LogP contribution in [0.15, 0.2) is 59.5 Å². The van der Waals surface area contributed by atoms with E-state index < -0.39 is 5.78 Å². The van der Waals surface area contributed by atoms with E-state index in [0.29, 0.717) is 17.7 Å². The molecule has 0 atom stereocenters. The number of ketones is 1. The van der Waals surface area contributed by atoms with Gasteiger partial charge in [0.1, 0.15) is 17.8 Å². The maximum atomic E-state index is 11.9. The van der Waals surface area contributed by atoms with Crippen molar-refractivity contribution in [2.75, 3.05) is 0 Å². The third kappa shape index (κ3) is 2.95. The van der Waals surface area contributed by atoms with E-state index in [9.17, 15) is 9.90 Å². The molecule has 0 spiro atoms. The number of carbonyl (C=O) groups excluding carboxylic acids is 1. The topological polar surface area (TPSA) is 92.0 Å². The van der Waals surface area contributed by atoms with Gasteiger partial charge in [-0.3, -0.25) is 9.89 Å². The smallest absolute Gasteiger partial charge is 0.226 e. The van der Waals surface area contributed by atoms with E-state index >= 15 is 0 Å². The van der Waals surface area contributed by atoms with Crippen LogP contribution < -0.4 is 0 Å². The van der Waals surface area contributed by atoms with Gasteiger partial charge in [-0.1, -0.05) is 30.3 Å². The second-order valence-electron chi connectivity index (χ2n) is 4.65. The lowest BCUT2D eigenvalue weighted by atomic mass is 10.1. The van der Waals surface area contributed by atoms with Gasteiger partial charge >= 0.3 is 0 Å². The maximum Gasteiger partial charge on any atom is 0.226 e. The molecule has 6 heteroatoms. The van der Waals surface area contributed by atoms with E-state index in [0.717, 1.165) is 11.6 Å². The number of aliphatic hydroxyl groups is 1. The van der Waals surface area contributed by atoms with Gasteiger partial charge in [-0.2, -0.15) is 5.10 Å². The zero-order valence-electron chi connectivity index (χ0n) is 11.6. The molecule has 3 aromatic rings. The molecule has 2 N–H and O–H groups in total. The fourth-order valence-corrected chi connectivity index (χ4v) is 2.08. The van der Waals surface area contributed by atoms with E-state index in [-0.39, 0.29) is 11.6 Å². The largest absolute Gasteiger partial charge is 0.507 e. The molecule has 2 heterocycles. The monoisotopic (exact) mass is 295 g/mol. The van der Waals surface area contributed by atoms with Crippen molar-refractivity contribution >= 4 is 11.5 Å². The predicted octanol–water partition coefficient (Wildman–Crippen LogP) is 2.77. The van der Waals surface area contributed by atoms with Gasteiger partial charge in [-0.15, -0.1) is 0 Å². The minimum Gasteiger partial charge on any atom is -0.507 e. The van der Waals surface area contributed by atoms with E-state index in [4.69, 9.17) is 4.42 Å². The van der Waals surface area contributed by atoms with Crippen molar-refractivity contribution in [3.8, 4) is 0 Å². The Balaban J connectivity index is 1.83. The normalized spacial score (nSPS) is 11.5. The SMILES string of the molecule is O=C(C=C(O)c1ccoc1Cc1ccccc1)c1ncn[nH]1. The van der Waals surface area contributed by atoms with Gasteiger partial charge in [-0.25, -0.2) is 4.98 Å². The van der Waals surface area contributed by atoms with E-state index in [1.165, 1.54) is 12.6 Å². The Kier molecular flexibility index (Phi) is 3.82. The van der Waals surface area contributed by atoms with E-state index in [2.05, 4.69) is 15.2 Å². The zero-order chi connectivity index (χ0) is 15.4. The van der Waals surface area contributed by atoms with Gasteiger partial charge in [0.2, 0.25) is 5.78 Å². The number of hydrogen-bond acceptors (Lipinski definition) is 5. The fourth-order valence-electron chi connectivity index (χ4n) is 2.08. The number of aromatic amines is 1. The number of hydrogen-bond donors (Lipinski definition) is 2. The molecule has 0 aliphatic carbocycles. The number of rotatable bonds is 5. The molecule has 3 rings (SSSR count). The molecule has 0 aliphatic rings. The number of allylic oxidation sites excluding steroid dienone is 1. The number of nitrogens with zero attached hydrogens (tertiary/aromatic N) is 2. The lowest BCUT2D eigenvalue weighted by Crippen LogP contribution is -2.00. The molecule has 0 radical (unpaired) electrons. The second-order valence-corrected chi connectivity index (χ2v) is 4.65. The van der Waals surface area contributed by atoms with Gasteiger partial charge in [0.15, 0.2) is 5.82 Å². The molecule has 6 nitrogen and oxygen atoms in total. The van der Waals surface area contributed by atoms with Gasteiger partial charge in [0.25, 0.3) is 0 Å². The van der Waals surface area contributed by atoms with Crippen LogP contribution in [0.4, 0.5) is 0 Å². The van der Waals surface area contributed by atoms with Crippen molar-refractivity contribution in [1.29, 1.82) is 0 Å². The number of furan rings is 1. The summed E-state index contributed by atoms with van der Waals surface area (Å²) in [5, 5.41) is 16.2. The van der Waals surface area contributed by atoms with Crippen LogP contribution in [0, 0.1) is 0 Å². The summed E-state index contributed by atoms with van der Waals surface area (Å²) in [6.45, 7) is 0. The van der Waals surface area contributed by atoms with Crippen molar-refractivity contribution in [3.05, 3.63) is 77.8 Å². The van der Waals surface area contributed by atoms with Crippen molar-refractivity contribution < 1.29 is 14.3 Å². The zero-order valence-corrected chi connectivity index (χ0v) is 11.6. The quantitative estimate of drug-likeness (QED) is 0.429. The molecule has 110 valence electrons. The highest BCUT2D eigenvalue weighted by Crippen LogP contribution is 2.22. The first kappa shape index (κ1) is 13.8. The van der Waals surface area contributed by atoms with E-state index in [1.807, 2.05) is 30.3 Å². The van der Waals surface area contributed by atoms with Crippen LogP contribution in [0.25, 0.3) is 5.76 Å². The van der Waals surface area contributed by atoms with Crippen molar-refractivity contribution in [3.63, 3.8) is 0 Å². The number of benzene rings is 1. The lowest BCUT2D eigenvalue weighted by Gasteiger charge is -2.02. The summed E-state index contributed by atoms with van der Waals surface area (Å²) in [6.07, 6.45) is 4.34. The number of aliphatic hydroxyl groups excluding tert-OH is 1. The summed E-state index contributed by atoms with van der Waals surface area (Å²) in [7, 11) is 0. The van der Waals surface area contributed by atoms with Gasteiger partial charge in [-0.05, 0) is 11.6 Å². The Labute approximate surface area is 126 Å². The molecule has 2 aromatic heterocycles. The molecule has 0 saturated carbocycles. The third-order valence-electron chi connectivity index (χ3n) is 3.15. The van der Waals surface area contributed by atoms with Crippen LogP contribution in [0.2, 0.25) is 0 Å². The first-order valence-corrected chi connectivity index (χ1v) is 6.65. The van der Waals surface area contributed by atoms with Gasteiger partial charge in [0, 0.05) is 12.5 Å². The predicted molar refractivity (Wildman–Crippen MR) is 79.3 cm³/mol. The summed E-state index contributed by atoms with van der Waals surface area (Å²) in [4.78, 5) is 15.6. The van der Waals surface area contributed by atoms with Crippen molar-refractivity contribution in [2.24, 2.45) is 0 Å². The molecule has 0 fully saturated rings. The molecule has 0 saturated heterocycles. The van der Waals surface area contributed by atoms with Crippen LogP contribution >= 0.6 is 0 Å². The molecule has 0 amide bonds. The number of nitrogens with one attached hydrogen (secondary N) is 1. The summed E-state index contributed by atoms with van der Waals surface area (Å²) in [6, 6.07) is 11.3. The molecular weight excluding hydrogens is 282 g/mol. The number of carbonyl (C=O) groups is 1. The third-order valence-corrected chi connectivity index (χ3v) is 3.15. The van der Waals surface area contributed by atoms with Crippen LogP contribution in [0.3, 0.4) is 0 Å². The van der Waals surface area contributed by atoms with Crippen LogP contribution in [0.1, 0.15) is 27.5 Å². The average Bonchev–Trinajstić information content (AvgIpc) is 3.19. The van der Waals surface area contributed by atoms with E-state index in [1.54, 1.807) is 6.07 Å². The lowest BCUT2D eigenvalue weighted by molar-refractivity contribution is 0.103. The Morgan fingerprint density at radius 2 is 2.09 bits per heavy atom. The number of aromatic nitrogens is 3. The molecule has 0 aliphatic heterocycles. The van der Waals surface area contributed by atoms with Crippen molar-refractivity contribution in [1.82, 2.24) is 15.2 Å².